The highest BCUT2D eigenvalue weighted by Crippen LogP contribution is 2.31. The zero-order valence-corrected chi connectivity index (χ0v) is 11.0. The molecule has 0 fully saturated rings. The van der Waals surface area contributed by atoms with Crippen LogP contribution in [0.3, 0.4) is 0 Å². The highest BCUT2D eigenvalue weighted by molar-refractivity contribution is 5.86. The van der Waals surface area contributed by atoms with Gasteiger partial charge >= 0.3 is 0 Å². The number of methoxy groups -OCH3 is 1. The van der Waals surface area contributed by atoms with Crippen LogP contribution in [0.2, 0.25) is 0 Å². The summed E-state index contributed by atoms with van der Waals surface area (Å²) < 4.78 is 5.27. The predicted molar refractivity (Wildman–Crippen MR) is 72.8 cm³/mol. The van der Waals surface area contributed by atoms with Gasteiger partial charge in [0, 0.05) is 16.6 Å². The van der Waals surface area contributed by atoms with E-state index in [4.69, 9.17) is 4.74 Å². The summed E-state index contributed by atoms with van der Waals surface area (Å²) in [5, 5.41) is 1.35. The number of aryl methyl sites for hydroxylation is 2. The lowest BCUT2D eigenvalue weighted by molar-refractivity contribution is 0.415. The topological polar surface area (TPSA) is 25.0 Å². The summed E-state index contributed by atoms with van der Waals surface area (Å²) in [6.45, 7) is 4.00. The van der Waals surface area contributed by atoms with Gasteiger partial charge in [-0.05, 0) is 49.4 Å². The van der Waals surface area contributed by atoms with Crippen LogP contribution in [0.5, 0.6) is 5.75 Å². The van der Waals surface area contributed by atoms with Gasteiger partial charge in [-0.15, -0.1) is 0 Å². The minimum atomic E-state index is 0.954. The third-order valence-corrected chi connectivity index (χ3v) is 3.31. The molecule has 92 valence electrons. The van der Waals surface area contributed by atoms with Crippen molar-refractivity contribution in [2.75, 3.05) is 7.11 Å². The fourth-order valence-electron chi connectivity index (χ4n) is 2.51. The first-order valence-corrected chi connectivity index (χ1v) is 6.56. The molecule has 0 amide bonds. The third-order valence-electron chi connectivity index (χ3n) is 3.31. The van der Waals surface area contributed by atoms with Crippen molar-refractivity contribution in [2.24, 2.45) is 0 Å². The Hall–Kier alpha value is -1.44. The molecular weight excluding hydrogens is 210 g/mol. The molecule has 1 N–H and O–H groups in total. The molecule has 0 saturated heterocycles. The maximum Gasteiger partial charge on any atom is 0.119 e. The molecule has 1 aromatic heterocycles. The van der Waals surface area contributed by atoms with Crippen LogP contribution < -0.4 is 4.74 Å². The van der Waals surface area contributed by atoms with Gasteiger partial charge < -0.3 is 9.72 Å². The predicted octanol–water partition coefficient (Wildman–Crippen LogP) is 4.08. The molecular formula is C15H21NO. The Labute approximate surface area is 103 Å². The molecule has 3 rings (SSSR count). The average molecular weight is 231 g/mol. The third kappa shape index (κ3) is 2.17. The minimum Gasteiger partial charge on any atom is -0.497 e. The SMILES string of the molecule is CC.COc1ccc2[nH]c3c(c2c1)CCCC3. The summed E-state index contributed by atoms with van der Waals surface area (Å²) in [4.78, 5) is 3.51. The monoisotopic (exact) mass is 231 g/mol. The summed E-state index contributed by atoms with van der Waals surface area (Å²) in [6, 6.07) is 6.28. The number of benzene rings is 1. The number of H-pyrrole nitrogens is 1. The van der Waals surface area contributed by atoms with E-state index in [0.29, 0.717) is 0 Å². The van der Waals surface area contributed by atoms with Crippen molar-refractivity contribution in [3.8, 4) is 5.75 Å². The molecule has 1 aliphatic rings. The van der Waals surface area contributed by atoms with Gasteiger partial charge in [-0.1, -0.05) is 13.8 Å². The molecule has 2 nitrogen and oxygen atoms in total. The van der Waals surface area contributed by atoms with Crippen LogP contribution in [-0.4, -0.2) is 12.1 Å². The Kier molecular flexibility index (Phi) is 3.72. The Morgan fingerprint density at radius 3 is 2.65 bits per heavy atom. The second kappa shape index (κ2) is 5.26. The van der Waals surface area contributed by atoms with E-state index in [2.05, 4.69) is 17.1 Å². The van der Waals surface area contributed by atoms with Crippen molar-refractivity contribution >= 4 is 10.9 Å². The van der Waals surface area contributed by atoms with Crippen molar-refractivity contribution < 1.29 is 4.74 Å². The Morgan fingerprint density at radius 1 is 1.12 bits per heavy atom. The summed E-state index contributed by atoms with van der Waals surface area (Å²) in [5.74, 6) is 0.954. The molecule has 0 bridgehead atoms. The van der Waals surface area contributed by atoms with Crippen molar-refractivity contribution in [1.82, 2.24) is 4.98 Å². The number of fused-ring (bicyclic) bond motifs is 3. The Morgan fingerprint density at radius 2 is 1.88 bits per heavy atom. The minimum absolute atomic E-state index is 0.954. The zero-order chi connectivity index (χ0) is 12.3. The first-order chi connectivity index (χ1) is 8.38. The van der Waals surface area contributed by atoms with E-state index in [1.807, 2.05) is 19.9 Å². The first kappa shape index (κ1) is 12.0. The lowest BCUT2D eigenvalue weighted by Crippen LogP contribution is -1.99. The van der Waals surface area contributed by atoms with Crippen LogP contribution in [0.25, 0.3) is 10.9 Å². The largest absolute Gasteiger partial charge is 0.497 e. The molecule has 2 heteroatoms. The zero-order valence-electron chi connectivity index (χ0n) is 11.0. The van der Waals surface area contributed by atoms with Gasteiger partial charge in [0.15, 0.2) is 0 Å². The maximum absolute atomic E-state index is 5.27. The first-order valence-electron chi connectivity index (χ1n) is 6.56. The van der Waals surface area contributed by atoms with Crippen LogP contribution in [0.4, 0.5) is 0 Å². The number of hydrogen-bond donors (Lipinski definition) is 1. The van der Waals surface area contributed by atoms with Gasteiger partial charge in [0.1, 0.15) is 5.75 Å². The van der Waals surface area contributed by atoms with Crippen molar-refractivity contribution in [2.45, 2.75) is 39.5 Å². The summed E-state index contributed by atoms with van der Waals surface area (Å²) in [5.41, 5.74) is 4.20. The number of ether oxygens (including phenoxy) is 1. The van der Waals surface area contributed by atoms with E-state index in [-0.39, 0.29) is 0 Å². The quantitative estimate of drug-likeness (QED) is 0.786. The molecule has 0 aliphatic heterocycles. The van der Waals surface area contributed by atoms with Crippen LogP contribution in [0, 0.1) is 0 Å². The summed E-state index contributed by atoms with van der Waals surface area (Å²) in [7, 11) is 1.72. The highest BCUT2D eigenvalue weighted by atomic mass is 16.5. The highest BCUT2D eigenvalue weighted by Gasteiger charge is 2.15. The van der Waals surface area contributed by atoms with Gasteiger partial charge in [0.2, 0.25) is 0 Å². The van der Waals surface area contributed by atoms with Crippen LogP contribution in [0.1, 0.15) is 37.9 Å². The number of aromatic nitrogens is 1. The lowest BCUT2D eigenvalue weighted by Gasteiger charge is -2.10. The second-order valence-corrected chi connectivity index (χ2v) is 4.20. The Bertz CT molecular complexity index is 499. The Balaban J connectivity index is 0.000000514. The number of rotatable bonds is 1. The van der Waals surface area contributed by atoms with Crippen molar-refractivity contribution in [3.63, 3.8) is 0 Å². The molecule has 0 unspecified atom stereocenters. The van der Waals surface area contributed by atoms with E-state index in [9.17, 15) is 0 Å². The van der Waals surface area contributed by atoms with E-state index in [1.54, 1.807) is 7.11 Å². The van der Waals surface area contributed by atoms with Gasteiger partial charge in [0.25, 0.3) is 0 Å². The summed E-state index contributed by atoms with van der Waals surface area (Å²) >= 11 is 0. The fourth-order valence-corrected chi connectivity index (χ4v) is 2.51. The molecule has 1 heterocycles. The van der Waals surface area contributed by atoms with Crippen LogP contribution >= 0.6 is 0 Å². The molecule has 0 radical (unpaired) electrons. The normalized spacial score (nSPS) is 13.8. The number of nitrogens with one attached hydrogen (secondary N) is 1. The molecule has 17 heavy (non-hydrogen) atoms. The van der Waals surface area contributed by atoms with Crippen molar-refractivity contribution in [3.05, 3.63) is 29.5 Å². The maximum atomic E-state index is 5.27. The number of aromatic amines is 1. The van der Waals surface area contributed by atoms with E-state index < -0.39 is 0 Å². The standard InChI is InChI=1S/C13H15NO.C2H6/c1-15-9-6-7-13-11(8-9)10-4-2-3-5-12(10)14-13;1-2/h6-8,14H,2-5H2,1H3;1-2H3. The molecule has 1 aliphatic carbocycles. The lowest BCUT2D eigenvalue weighted by atomic mass is 9.96. The van der Waals surface area contributed by atoms with E-state index >= 15 is 0 Å². The second-order valence-electron chi connectivity index (χ2n) is 4.20. The van der Waals surface area contributed by atoms with Gasteiger partial charge in [-0.25, -0.2) is 0 Å². The number of hydrogen-bond acceptors (Lipinski definition) is 1. The van der Waals surface area contributed by atoms with Crippen LogP contribution in [-0.2, 0) is 12.8 Å². The van der Waals surface area contributed by atoms with Gasteiger partial charge in [0.05, 0.1) is 7.11 Å². The summed E-state index contributed by atoms with van der Waals surface area (Å²) in [6.07, 6.45) is 5.04. The smallest absolute Gasteiger partial charge is 0.119 e. The fraction of sp³-hybridized carbons (Fsp3) is 0.467. The average Bonchev–Trinajstić information content (AvgIpc) is 2.78. The van der Waals surface area contributed by atoms with Crippen LogP contribution in [0.15, 0.2) is 18.2 Å². The molecule has 0 saturated carbocycles. The molecule has 0 atom stereocenters. The molecule has 2 aromatic rings. The van der Waals surface area contributed by atoms with E-state index in [1.165, 1.54) is 47.8 Å². The van der Waals surface area contributed by atoms with E-state index in [0.717, 1.165) is 5.75 Å². The van der Waals surface area contributed by atoms with Gasteiger partial charge in [-0.3, -0.25) is 0 Å². The van der Waals surface area contributed by atoms with Gasteiger partial charge in [-0.2, -0.15) is 0 Å². The molecule has 1 aromatic carbocycles. The molecule has 0 spiro atoms. The van der Waals surface area contributed by atoms with Crippen molar-refractivity contribution in [1.29, 1.82) is 0 Å².